The molecule has 0 aliphatic heterocycles. The molecular weight excluding hydrogens is 170 g/mol. The molecule has 3 heteroatoms. The Labute approximate surface area is 77.3 Å². The van der Waals surface area contributed by atoms with E-state index in [1.165, 1.54) is 10.4 Å². The van der Waals surface area contributed by atoms with E-state index in [0.717, 1.165) is 6.61 Å². The Hall–Kier alpha value is -0.380. The van der Waals surface area contributed by atoms with Gasteiger partial charge < -0.3 is 10.5 Å². The van der Waals surface area contributed by atoms with Crippen LogP contribution in [0.4, 0.5) is 0 Å². The molecule has 1 aromatic heterocycles. The Morgan fingerprint density at radius 2 is 2.42 bits per heavy atom. The molecule has 1 heterocycles. The molecule has 0 spiro atoms. The maximum absolute atomic E-state index is 5.91. The van der Waals surface area contributed by atoms with E-state index >= 15 is 0 Å². The molecule has 0 saturated carbocycles. The van der Waals surface area contributed by atoms with Gasteiger partial charge in [0.2, 0.25) is 0 Å². The summed E-state index contributed by atoms with van der Waals surface area (Å²) >= 11 is 1.70. The minimum absolute atomic E-state index is 0.0462. The monoisotopic (exact) mass is 185 g/mol. The second kappa shape index (κ2) is 4.60. The van der Waals surface area contributed by atoms with Crippen LogP contribution in [0.3, 0.4) is 0 Å². The number of ether oxygens (including phenoxy) is 1. The summed E-state index contributed by atoms with van der Waals surface area (Å²) in [5, 5.41) is 2.07. The van der Waals surface area contributed by atoms with Crippen molar-refractivity contribution >= 4 is 11.3 Å². The van der Waals surface area contributed by atoms with E-state index in [1.54, 1.807) is 11.3 Å². The molecule has 12 heavy (non-hydrogen) atoms. The van der Waals surface area contributed by atoms with Crippen LogP contribution in [0.15, 0.2) is 11.4 Å². The summed E-state index contributed by atoms with van der Waals surface area (Å²) in [5.74, 6) is 0. The van der Waals surface area contributed by atoms with Crippen molar-refractivity contribution < 1.29 is 4.74 Å². The lowest BCUT2D eigenvalue weighted by atomic mass is 10.2. The predicted molar refractivity (Wildman–Crippen MR) is 52.5 cm³/mol. The van der Waals surface area contributed by atoms with Crippen molar-refractivity contribution in [2.75, 3.05) is 13.2 Å². The number of rotatable bonds is 4. The van der Waals surface area contributed by atoms with E-state index in [9.17, 15) is 0 Å². The highest BCUT2D eigenvalue weighted by Gasteiger charge is 2.09. The standard InChI is InChI=1S/C9H15NOS/c1-3-11-6-8(10)9-7(2)4-5-12-9/h4-5,8H,3,6,10H2,1-2H3. The van der Waals surface area contributed by atoms with Gasteiger partial charge in [-0.3, -0.25) is 0 Å². The van der Waals surface area contributed by atoms with E-state index in [1.807, 2.05) is 6.92 Å². The van der Waals surface area contributed by atoms with Crippen LogP contribution in [0.1, 0.15) is 23.4 Å². The average Bonchev–Trinajstić information content (AvgIpc) is 2.47. The predicted octanol–water partition coefficient (Wildman–Crippen LogP) is 2.09. The quantitative estimate of drug-likeness (QED) is 0.779. The van der Waals surface area contributed by atoms with E-state index in [2.05, 4.69) is 18.4 Å². The second-order valence-electron chi connectivity index (χ2n) is 2.73. The van der Waals surface area contributed by atoms with Gasteiger partial charge in [-0.15, -0.1) is 11.3 Å². The summed E-state index contributed by atoms with van der Waals surface area (Å²) in [5.41, 5.74) is 7.18. The highest BCUT2D eigenvalue weighted by molar-refractivity contribution is 7.10. The van der Waals surface area contributed by atoms with Crippen molar-refractivity contribution in [1.29, 1.82) is 0 Å². The molecule has 0 aliphatic rings. The van der Waals surface area contributed by atoms with Crippen LogP contribution in [0.25, 0.3) is 0 Å². The normalized spacial score (nSPS) is 13.2. The lowest BCUT2D eigenvalue weighted by molar-refractivity contribution is 0.134. The maximum Gasteiger partial charge on any atom is 0.0667 e. The van der Waals surface area contributed by atoms with Crippen molar-refractivity contribution in [3.63, 3.8) is 0 Å². The zero-order valence-electron chi connectivity index (χ0n) is 7.54. The maximum atomic E-state index is 5.91. The first-order valence-electron chi connectivity index (χ1n) is 4.13. The molecule has 0 aliphatic carbocycles. The minimum Gasteiger partial charge on any atom is -0.380 e. The topological polar surface area (TPSA) is 35.2 Å². The largest absolute Gasteiger partial charge is 0.380 e. The molecule has 0 radical (unpaired) electrons. The van der Waals surface area contributed by atoms with Crippen LogP contribution in [0, 0.1) is 6.92 Å². The fourth-order valence-electron chi connectivity index (χ4n) is 1.08. The van der Waals surface area contributed by atoms with Gasteiger partial charge in [-0.2, -0.15) is 0 Å². The summed E-state index contributed by atoms with van der Waals surface area (Å²) < 4.78 is 5.26. The molecule has 1 atom stereocenters. The average molecular weight is 185 g/mol. The molecule has 1 rings (SSSR count). The molecule has 1 unspecified atom stereocenters. The summed E-state index contributed by atoms with van der Waals surface area (Å²) in [6.07, 6.45) is 0. The van der Waals surface area contributed by atoms with Crippen molar-refractivity contribution in [1.82, 2.24) is 0 Å². The lowest BCUT2D eigenvalue weighted by Gasteiger charge is -2.10. The molecule has 0 aromatic carbocycles. The van der Waals surface area contributed by atoms with Crippen molar-refractivity contribution in [3.8, 4) is 0 Å². The van der Waals surface area contributed by atoms with Gasteiger partial charge in [-0.1, -0.05) is 0 Å². The zero-order chi connectivity index (χ0) is 8.97. The van der Waals surface area contributed by atoms with Gasteiger partial charge in [0.25, 0.3) is 0 Å². The zero-order valence-corrected chi connectivity index (χ0v) is 8.36. The first-order valence-corrected chi connectivity index (χ1v) is 5.01. The van der Waals surface area contributed by atoms with Crippen LogP contribution in [-0.2, 0) is 4.74 Å². The minimum atomic E-state index is 0.0462. The number of nitrogens with two attached hydrogens (primary N) is 1. The molecule has 2 N–H and O–H groups in total. The van der Waals surface area contributed by atoms with Crippen LogP contribution < -0.4 is 5.73 Å². The third-order valence-corrected chi connectivity index (χ3v) is 2.89. The summed E-state index contributed by atoms with van der Waals surface area (Å²) in [6, 6.07) is 2.14. The second-order valence-corrected chi connectivity index (χ2v) is 3.68. The number of thiophene rings is 1. The van der Waals surface area contributed by atoms with E-state index in [-0.39, 0.29) is 6.04 Å². The highest BCUT2D eigenvalue weighted by atomic mass is 32.1. The third-order valence-electron chi connectivity index (χ3n) is 1.74. The van der Waals surface area contributed by atoms with Gasteiger partial charge in [0.1, 0.15) is 0 Å². The van der Waals surface area contributed by atoms with Crippen molar-refractivity contribution in [3.05, 3.63) is 21.9 Å². The first-order chi connectivity index (χ1) is 5.75. The summed E-state index contributed by atoms with van der Waals surface area (Å²) in [4.78, 5) is 1.24. The number of hydrogen-bond donors (Lipinski definition) is 1. The molecule has 0 amide bonds. The summed E-state index contributed by atoms with van der Waals surface area (Å²) in [7, 11) is 0. The Morgan fingerprint density at radius 1 is 1.67 bits per heavy atom. The first kappa shape index (κ1) is 9.71. The number of aryl methyl sites for hydroxylation is 1. The molecule has 68 valence electrons. The Morgan fingerprint density at radius 3 is 2.92 bits per heavy atom. The molecule has 1 aromatic rings. The van der Waals surface area contributed by atoms with Gasteiger partial charge >= 0.3 is 0 Å². The van der Waals surface area contributed by atoms with Gasteiger partial charge in [0.05, 0.1) is 12.6 Å². The number of hydrogen-bond acceptors (Lipinski definition) is 3. The third kappa shape index (κ3) is 2.30. The van der Waals surface area contributed by atoms with Crippen LogP contribution in [-0.4, -0.2) is 13.2 Å². The fourth-order valence-corrected chi connectivity index (χ4v) is 2.00. The Kier molecular flexibility index (Phi) is 3.72. The molecule has 0 saturated heterocycles. The molecule has 0 bridgehead atoms. The van der Waals surface area contributed by atoms with E-state index < -0.39 is 0 Å². The lowest BCUT2D eigenvalue weighted by Crippen LogP contribution is -2.16. The van der Waals surface area contributed by atoms with Crippen LogP contribution in [0.2, 0.25) is 0 Å². The van der Waals surface area contributed by atoms with Crippen LogP contribution in [0.5, 0.6) is 0 Å². The molecule has 0 fully saturated rings. The van der Waals surface area contributed by atoms with Gasteiger partial charge in [0, 0.05) is 11.5 Å². The summed E-state index contributed by atoms with van der Waals surface area (Å²) in [6.45, 7) is 5.42. The van der Waals surface area contributed by atoms with Crippen molar-refractivity contribution in [2.24, 2.45) is 5.73 Å². The van der Waals surface area contributed by atoms with Gasteiger partial charge in [-0.05, 0) is 30.9 Å². The van der Waals surface area contributed by atoms with E-state index in [4.69, 9.17) is 10.5 Å². The van der Waals surface area contributed by atoms with Gasteiger partial charge in [0.15, 0.2) is 0 Å². The van der Waals surface area contributed by atoms with E-state index in [0.29, 0.717) is 6.61 Å². The highest BCUT2D eigenvalue weighted by Crippen LogP contribution is 2.21. The van der Waals surface area contributed by atoms with Crippen molar-refractivity contribution in [2.45, 2.75) is 19.9 Å². The smallest absolute Gasteiger partial charge is 0.0667 e. The molecule has 2 nitrogen and oxygen atoms in total. The SMILES string of the molecule is CCOCC(N)c1sccc1C. The fraction of sp³-hybridized carbons (Fsp3) is 0.556. The van der Waals surface area contributed by atoms with Gasteiger partial charge in [-0.25, -0.2) is 0 Å². The Balaban J connectivity index is 2.52. The molecular formula is C9H15NOS. The van der Waals surface area contributed by atoms with Crippen LogP contribution >= 0.6 is 11.3 Å². The Bertz CT molecular complexity index is 234.